The second kappa shape index (κ2) is 10.9. The Morgan fingerprint density at radius 1 is 1.34 bits per heavy atom. The molecule has 3 fully saturated rings. The van der Waals surface area contributed by atoms with Crippen LogP contribution in [0.15, 0.2) is 25.3 Å². The van der Waals surface area contributed by atoms with Gasteiger partial charge >= 0.3 is 5.97 Å². The maximum atomic E-state index is 13.9. The second-order valence-electron chi connectivity index (χ2n) is 8.84. The summed E-state index contributed by atoms with van der Waals surface area (Å²) in [5, 5.41) is 9.41. The SMILES string of the molecule is C=CCCOC(=O)[C@@H]1[C@H]2C(=O)N(CCCO)C(C(=O)N(CC=C)CCCC)C23CC[C@H]1S3. The largest absolute Gasteiger partial charge is 0.465 e. The molecule has 1 spiro atoms. The van der Waals surface area contributed by atoms with Gasteiger partial charge in [-0.1, -0.05) is 25.5 Å². The molecule has 3 aliphatic rings. The lowest BCUT2D eigenvalue weighted by atomic mass is 9.71. The van der Waals surface area contributed by atoms with Gasteiger partial charge in [-0.3, -0.25) is 14.4 Å². The minimum absolute atomic E-state index is 0.000955. The van der Waals surface area contributed by atoms with Gasteiger partial charge in [-0.2, -0.15) is 0 Å². The van der Waals surface area contributed by atoms with Gasteiger partial charge in [-0.25, -0.2) is 0 Å². The van der Waals surface area contributed by atoms with Crippen LogP contribution in [0.2, 0.25) is 0 Å². The summed E-state index contributed by atoms with van der Waals surface area (Å²) in [6.07, 6.45) is 7.75. The molecule has 0 aromatic carbocycles. The van der Waals surface area contributed by atoms with E-state index >= 15 is 0 Å². The van der Waals surface area contributed by atoms with Gasteiger partial charge in [0.1, 0.15) is 6.04 Å². The van der Waals surface area contributed by atoms with E-state index in [1.807, 2.05) is 0 Å². The number of esters is 1. The summed E-state index contributed by atoms with van der Waals surface area (Å²) >= 11 is 1.64. The molecule has 0 aromatic rings. The van der Waals surface area contributed by atoms with Crippen molar-refractivity contribution in [3.8, 4) is 0 Å². The number of fused-ring (bicyclic) bond motifs is 1. The molecular weight excluding hydrogens is 428 g/mol. The highest BCUT2D eigenvalue weighted by Crippen LogP contribution is 2.66. The Morgan fingerprint density at radius 3 is 2.78 bits per heavy atom. The van der Waals surface area contributed by atoms with Crippen molar-refractivity contribution in [3.63, 3.8) is 0 Å². The van der Waals surface area contributed by atoms with Crippen LogP contribution in [0.1, 0.15) is 45.4 Å². The first-order valence-electron chi connectivity index (χ1n) is 11.7. The van der Waals surface area contributed by atoms with Crippen molar-refractivity contribution >= 4 is 29.5 Å². The molecule has 0 aliphatic carbocycles. The fourth-order valence-corrected chi connectivity index (χ4v) is 7.69. The smallest absolute Gasteiger partial charge is 0.310 e. The summed E-state index contributed by atoms with van der Waals surface area (Å²) < 4.78 is 4.87. The average molecular weight is 465 g/mol. The molecule has 8 heteroatoms. The first kappa shape index (κ1) is 24.8. The third-order valence-corrected chi connectivity index (χ3v) is 8.82. The molecule has 3 aliphatic heterocycles. The van der Waals surface area contributed by atoms with Crippen LogP contribution in [0.25, 0.3) is 0 Å². The van der Waals surface area contributed by atoms with E-state index in [1.54, 1.807) is 33.7 Å². The minimum atomic E-state index is -0.621. The van der Waals surface area contributed by atoms with Crippen molar-refractivity contribution in [3.05, 3.63) is 25.3 Å². The summed E-state index contributed by atoms with van der Waals surface area (Å²) in [7, 11) is 0. The van der Waals surface area contributed by atoms with Crippen molar-refractivity contribution < 1.29 is 24.2 Å². The summed E-state index contributed by atoms with van der Waals surface area (Å²) in [5.41, 5.74) is 0. The summed E-state index contributed by atoms with van der Waals surface area (Å²) in [5.74, 6) is -1.63. The number of unbranched alkanes of at least 4 members (excludes halogenated alkanes) is 1. The molecule has 0 radical (unpaired) electrons. The number of amides is 2. The van der Waals surface area contributed by atoms with E-state index in [4.69, 9.17) is 4.74 Å². The molecule has 7 nitrogen and oxygen atoms in total. The van der Waals surface area contributed by atoms with Crippen molar-refractivity contribution in [2.45, 2.75) is 61.5 Å². The van der Waals surface area contributed by atoms with E-state index in [1.165, 1.54) is 0 Å². The van der Waals surface area contributed by atoms with Gasteiger partial charge < -0.3 is 19.6 Å². The number of rotatable bonds is 13. The normalized spacial score (nSPS) is 30.3. The molecular formula is C24H36N2O5S. The van der Waals surface area contributed by atoms with E-state index < -0.39 is 22.6 Å². The molecule has 0 saturated carbocycles. The Morgan fingerprint density at radius 2 is 2.12 bits per heavy atom. The number of ether oxygens (including phenoxy) is 1. The van der Waals surface area contributed by atoms with Crippen molar-refractivity contribution in [1.29, 1.82) is 0 Å². The fourth-order valence-electron chi connectivity index (χ4n) is 5.49. The van der Waals surface area contributed by atoms with Crippen molar-refractivity contribution in [1.82, 2.24) is 9.80 Å². The Kier molecular flexibility index (Phi) is 8.44. The first-order valence-corrected chi connectivity index (χ1v) is 12.6. The van der Waals surface area contributed by atoms with E-state index in [2.05, 4.69) is 20.1 Å². The zero-order chi connectivity index (χ0) is 23.3. The zero-order valence-electron chi connectivity index (χ0n) is 19.0. The number of aliphatic hydroxyl groups is 1. The number of carbonyl (C=O) groups is 3. The number of carbonyl (C=O) groups excluding carboxylic acids is 3. The van der Waals surface area contributed by atoms with Crippen LogP contribution < -0.4 is 0 Å². The monoisotopic (exact) mass is 464 g/mol. The molecule has 2 bridgehead atoms. The topological polar surface area (TPSA) is 87.1 Å². The first-order chi connectivity index (χ1) is 15.5. The summed E-state index contributed by atoms with van der Waals surface area (Å²) in [6.45, 7) is 11.1. The molecule has 2 amide bonds. The van der Waals surface area contributed by atoms with Crippen LogP contribution in [0, 0.1) is 11.8 Å². The van der Waals surface area contributed by atoms with Crippen LogP contribution >= 0.6 is 11.8 Å². The molecule has 0 aromatic heterocycles. The van der Waals surface area contributed by atoms with Gasteiger partial charge in [0.2, 0.25) is 11.8 Å². The molecule has 3 rings (SSSR count). The van der Waals surface area contributed by atoms with Gasteiger partial charge in [0.25, 0.3) is 0 Å². The van der Waals surface area contributed by atoms with Gasteiger partial charge in [0, 0.05) is 31.5 Å². The number of nitrogens with zero attached hydrogens (tertiary/aromatic N) is 2. The van der Waals surface area contributed by atoms with E-state index in [0.29, 0.717) is 32.5 Å². The van der Waals surface area contributed by atoms with Crippen LogP contribution in [0.5, 0.6) is 0 Å². The summed E-state index contributed by atoms with van der Waals surface area (Å²) in [6, 6.07) is -0.621. The summed E-state index contributed by atoms with van der Waals surface area (Å²) in [4.78, 5) is 43.9. The van der Waals surface area contributed by atoms with Crippen molar-refractivity contribution in [2.24, 2.45) is 11.8 Å². The molecule has 5 atom stereocenters. The Hall–Kier alpha value is -1.80. The highest BCUT2D eigenvalue weighted by Gasteiger charge is 2.74. The number of aliphatic hydroxyl groups excluding tert-OH is 1. The average Bonchev–Trinajstić information content (AvgIpc) is 3.42. The molecule has 1 N–H and O–H groups in total. The predicted octanol–water partition coefficient (Wildman–Crippen LogP) is 2.39. The standard InChI is InChI=1S/C24H36N2O5S/c1-4-7-13-25(12-6-3)22(29)20-24-11-10-17(32-24)18(23(30)31-16-8-5-2)19(24)21(28)26(20)14-9-15-27/h5-6,17-20,27H,2-4,7-16H2,1H3/t17-,18+,19+,20?,24?/m1/s1. The number of hydrogen-bond donors (Lipinski definition) is 1. The predicted molar refractivity (Wildman–Crippen MR) is 125 cm³/mol. The molecule has 32 heavy (non-hydrogen) atoms. The molecule has 2 unspecified atom stereocenters. The third-order valence-electron chi connectivity index (χ3n) is 6.87. The van der Waals surface area contributed by atoms with E-state index in [-0.39, 0.29) is 36.2 Å². The number of likely N-dealkylation sites (tertiary alicyclic amines) is 1. The molecule has 3 heterocycles. The molecule has 3 saturated heterocycles. The van der Waals surface area contributed by atoms with Gasteiger partial charge in [-0.05, 0) is 32.1 Å². The highest BCUT2D eigenvalue weighted by atomic mass is 32.2. The lowest BCUT2D eigenvalue weighted by Gasteiger charge is -2.37. The van der Waals surface area contributed by atoms with Crippen LogP contribution in [-0.4, -0.2) is 81.6 Å². The minimum Gasteiger partial charge on any atom is -0.465 e. The lowest BCUT2D eigenvalue weighted by molar-refractivity contribution is -0.154. The van der Waals surface area contributed by atoms with Crippen LogP contribution in [0.4, 0.5) is 0 Å². The zero-order valence-corrected chi connectivity index (χ0v) is 19.9. The van der Waals surface area contributed by atoms with E-state index in [0.717, 1.165) is 25.7 Å². The lowest BCUT2D eigenvalue weighted by Crippen LogP contribution is -2.55. The van der Waals surface area contributed by atoms with Gasteiger partial charge in [0.15, 0.2) is 0 Å². The van der Waals surface area contributed by atoms with Crippen molar-refractivity contribution in [2.75, 3.05) is 32.8 Å². The second-order valence-corrected chi connectivity index (χ2v) is 10.4. The third kappa shape index (κ3) is 4.36. The molecule has 178 valence electrons. The maximum Gasteiger partial charge on any atom is 0.310 e. The fraction of sp³-hybridized carbons (Fsp3) is 0.708. The Balaban J connectivity index is 1.93. The van der Waals surface area contributed by atoms with E-state index in [9.17, 15) is 19.5 Å². The van der Waals surface area contributed by atoms with Gasteiger partial charge in [0.05, 0.1) is 23.2 Å². The van der Waals surface area contributed by atoms with Gasteiger partial charge in [-0.15, -0.1) is 24.9 Å². The number of hydrogen-bond acceptors (Lipinski definition) is 6. The maximum absolute atomic E-state index is 13.9. The quantitative estimate of drug-likeness (QED) is 0.256. The van der Waals surface area contributed by atoms with Crippen LogP contribution in [-0.2, 0) is 19.1 Å². The Labute approximate surface area is 195 Å². The van der Waals surface area contributed by atoms with Crippen LogP contribution in [0.3, 0.4) is 0 Å². The highest BCUT2D eigenvalue weighted by molar-refractivity contribution is 8.02. The number of thioether (sulfide) groups is 1. The Bertz CT molecular complexity index is 744.